The third kappa shape index (κ3) is 1.93. The fourth-order valence-corrected chi connectivity index (χ4v) is 2.54. The Hall–Kier alpha value is -1.66. The highest BCUT2D eigenvalue weighted by Crippen LogP contribution is 2.19. The quantitative estimate of drug-likeness (QED) is 0.699. The zero-order valence-electron chi connectivity index (χ0n) is 10.0. The summed E-state index contributed by atoms with van der Waals surface area (Å²) in [5, 5.41) is 3.32. The lowest BCUT2D eigenvalue weighted by Gasteiger charge is -2.46. The van der Waals surface area contributed by atoms with Crippen molar-refractivity contribution in [2.24, 2.45) is 0 Å². The van der Waals surface area contributed by atoms with Gasteiger partial charge in [-0.3, -0.25) is 4.79 Å². The number of amides is 1. The first-order valence-electron chi connectivity index (χ1n) is 6.08. The molecule has 6 heteroatoms. The number of hydrogen-bond donors (Lipinski definition) is 2. The van der Waals surface area contributed by atoms with Gasteiger partial charge in [-0.25, -0.2) is 4.98 Å². The van der Waals surface area contributed by atoms with E-state index in [1.54, 1.807) is 12.1 Å². The van der Waals surface area contributed by atoms with Crippen molar-refractivity contribution in [2.45, 2.75) is 12.1 Å². The van der Waals surface area contributed by atoms with Gasteiger partial charge in [0.15, 0.2) is 0 Å². The van der Waals surface area contributed by atoms with E-state index in [0.717, 1.165) is 13.1 Å². The van der Waals surface area contributed by atoms with Crippen LogP contribution in [0.1, 0.15) is 10.4 Å². The number of carbonyl (C=O) groups excluding carboxylic acids is 1. The van der Waals surface area contributed by atoms with Crippen molar-refractivity contribution in [1.29, 1.82) is 0 Å². The molecule has 3 rings (SSSR count). The number of rotatable bonds is 1. The number of nitrogens with one attached hydrogen (secondary N) is 1. The van der Waals surface area contributed by atoms with E-state index < -0.39 is 0 Å². The number of ether oxygens (including phenoxy) is 1. The van der Waals surface area contributed by atoms with Crippen LogP contribution >= 0.6 is 0 Å². The number of aromatic nitrogens is 1. The van der Waals surface area contributed by atoms with Crippen LogP contribution in [0, 0.1) is 0 Å². The molecule has 2 aliphatic rings. The van der Waals surface area contributed by atoms with Gasteiger partial charge in [0.05, 0.1) is 30.9 Å². The number of nitrogen functional groups attached to an aromatic ring is 1. The Morgan fingerprint density at radius 1 is 1.39 bits per heavy atom. The molecule has 3 heterocycles. The third-order valence-electron chi connectivity index (χ3n) is 3.44. The van der Waals surface area contributed by atoms with E-state index in [1.165, 1.54) is 6.20 Å². The lowest BCUT2D eigenvalue weighted by molar-refractivity contribution is -0.0491. The van der Waals surface area contributed by atoms with Gasteiger partial charge in [-0.05, 0) is 12.1 Å². The van der Waals surface area contributed by atoms with E-state index in [2.05, 4.69) is 10.3 Å². The zero-order chi connectivity index (χ0) is 12.5. The molecule has 1 aromatic rings. The molecule has 0 radical (unpaired) electrons. The van der Waals surface area contributed by atoms with Crippen molar-refractivity contribution in [2.75, 3.05) is 32.0 Å². The smallest absolute Gasteiger partial charge is 0.256 e. The van der Waals surface area contributed by atoms with Crippen LogP contribution in [0.5, 0.6) is 0 Å². The molecule has 1 amide bonds. The Morgan fingerprint density at radius 2 is 2.11 bits per heavy atom. The Morgan fingerprint density at radius 3 is 2.72 bits per heavy atom. The number of hydrogen-bond acceptors (Lipinski definition) is 5. The van der Waals surface area contributed by atoms with Crippen molar-refractivity contribution < 1.29 is 9.53 Å². The van der Waals surface area contributed by atoms with Gasteiger partial charge in [0.2, 0.25) is 0 Å². The van der Waals surface area contributed by atoms with E-state index in [1.807, 2.05) is 4.90 Å². The zero-order valence-corrected chi connectivity index (χ0v) is 10.0. The number of fused-ring (bicyclic) bond motifs is 2. The van der Waals surface area contributed by atoms with Gasteiger partial charge in [-0.1, -0.05) is 0 Å². The molecular weight excluding hydrogens is 232 g/mol. The second-order valence-corrected chi connectivity index (χ2v) is 4.69. The van der Waals surface area contributed by atoms with Crippen molar-refractivity contribution in [3.05, 3.63) is 23.9 Å². The molecule has 6 nitrogen and oxygen atoms in total. The molecule has 2 bridgehead atoms. The molecule has 3 N–H and O–H groups in total. The van der Waals surface area contributed by atoms with Crippen LogP contribution in [0.4, 0.5) is 5.82 Å². The first-order valence-corrected chi connectivity index (χ1v) is 6.08. The number of pyridine rings is 1. The molecule has 2 aliphatic heterocycles. The molecule has 18 heavy (non-hydrogen) atoms. The second-order valence-electron chi connectivity index (χ2n) is 4.69. The van der Waals surface area contributed by atoms with Gasteiger partial charge in [0.1, 0.15) is 5.82 Å². The van der Waals surface area contributed by atoms with E-state index >= 15 is 0 Å². The monoisotopic (exact) mass is 248 g/mol. The third-order valence-corrected chi connectivity index (χ3v) is 3.44. The molecule has 2 fully saturated rings. The highest BCUT2D eigenvalue weighted by Gasteiger charge is 2.38. The van der Waals surface area contributed by atoms with Crippen LogP contribution < -0.4 is 11.1 Å². The average Bonchev–Trinajstić information content (AvgIpc) is 2.38. The fourth-order valence-electron chi connectivity index (χ4n) is 2.54. The summed E-state index contributed by atoms with van der Waals surface area (Å²) >= 11 is 0. The van der Waals surface area contributed by atoms with Gasteiger partial charge in [0, 0.05) is 19.3 Å². The number of anilines is 1. The Kier molecular flexibility index (Phi) is 2.89. The predicted molar refractivity (Wildman–Crippen MR) is 66.1 cm³/mol. The molecule has 2 atom stereocenters. The summed E-state index contributed by atoms with van der Waals surface area (Å²) in [6.07, 6.45) is 1.54. The minimum Gasteiger partial charge on any atom is -0.384 e. The van der Waals surface area contributed by atoms with E-state index in [0.29, 0.717) is 24.6 Å². The van der Waals surface area contributed by atoms with Gasteiger partial charge in [-0.2, -0.15) is 0 Å². The van der Waals surface area contributed by atoms with E-state index in [4.69, 9.17) is 10.5 Å². The highest BCUT2D eigenvalue weighted by atomic mass is 16.5. The van der Waals surface area contributed by atoms with Crippen LogP contribution in [-0.2, 0) is 4.74 Å². The van der Waals surface area contributed by atoms with Crippen molar-refractivity contribution in [3.8, 4) is 0 Å². The molecule has 0 aliphatic carbocycles. The second kappa shape index (κ2) is 4.55. The van der Waals surface area contributed by atoms with Crippen LogP contribution in [0.2, 0.25) is 0 Å². The number of nitrogens with zero attached hydrogens (tertiary/aromatic N) is 2. The lowest BCUT2D eigenvalue weighted by Crippen LogP contribution is -2.65. The Labute approximate surface area is 105 Å². The van der Waals surface area contributed by atoms with Crippen molar-refractivity contribution >= 4 is 11.7 Å². The summed E-state index contributed by atoms with van der Waals surface area (Å²) < 4.78 is 5.50. The summed E-state index contributed by atoms with van der Waals surface area (Å²) in [7, 11) is 0. The van der Waals surface area contributed by atoms with Crippen molar-refractivity contribution in [3.63, 3.8) is 0 Å². The number of nitrogens with two attached hydrogens (primary N) is 1. The molecule has 0 saturated carbocycles. The molecule has 96 valence electrons. The van der Waals surface area contributed by atoms with Crippen molar-refractivity contribution in [1.82, 2.24) is 15.2 Å². The molecule has 0 unspecified atom stereocenters. The first kappa shape index (κ1) is 11.4. The molecule has 2 saturated heterocycles. The average molecular weight is 248 g/mol. The molecule has 0 spiro atoms. The Balaban J connectivity index is 1.85. The maximum atomic E-state index is 12.5. The number of carbonyl (C=O) groups is 1. The molecule has 1 aromatic heterocycles. The maximum Gasteiger partial charge on any atom is 0.256 e. The van der Waals surface area contributed by atoms with Gasteiger partial charge < -0.3 is 20.7 Å². The normalized spacial score (nSPS) is 27.0. The summed E-state index contributed by atoms with van der Waals surface area (Å²) in [5.41, 5.74) is 6.12. The molecule has 0 aromatic carbocycles. The van der Waals surface area contributed by atoms with Crippen LogP contribution in [0.3, 0.4) is 0 Å². The first-order chi connectivity index (χ1) is 8.75. The van der Waals surface area contributed by atoms with Crippen LogP contribution in [0.15, 0.2) is 18.3 Å². The fraction of sp³-hybridized carbons (Fsp3) is 0.500. The summed E-state index contributed by atoms with van der Waals surface area (Å²) in [4.78, 5) is 18.4. The lowest BCUT2D eigenvalue weighted by atomic mass is 10.0. The topological polar surface area (TPSA) is 80.5 Å². The minimum atomic E-state index is 0.0160. The van der Waals surface area contributed by atoms with E-state index in [9.17, 15) is 4.79 Å². The van der Waals surface area contributed by atoms with Crippen LogP contribution in [0.25, 0.3) is 0 Å². The SMILES string of the molecule is Nc1ccc(C(=O)N2[C@@H]3CNC[C@H]2COC3)cn1. The van der Waals surface area contributed by atoms with Gasteiger partial charge in [-0.15, -0.1) is 0 Å². The number of morpholine rings is 1. The van der Waals surface area contributed by atoms with Gasteiger partial charge >= 0.3 is 0 Å². The summed E-state index contributed by atoms with van der Waals surface area (Å²) in [6.45, 7) is 2.75. The van der Waals surface area contributed by atoms with Gasteiger partial charge in [0.25, 0.3) is 5.91 Å². The summed E-state index contributed by atoms with van der Waals surface area (Å²) in [6, 6.07) is 3.61. The van der Waals surface area contributed by atoms with E-state index in [-0.39, 0.29) is 18.0 Å². The number of piperazine rings is 1. The molecular formula is C12H16N4O2. The Bertz CT molecular complexity index is 426. The largest absolute Gasteiger partial charge is 0.384 e. The standard InChI is InChI=1S/C12H16N4O2/c13-11-2-1-8(3-15-11)12(17)16-9-4-14-5-10(16)7-18-6-9/h1-3,9-10,14H,4-7H2,(H2,13,15)/t9-,10+. The minimum absolute atomic E-state index is 0.0160. The highest BCUT2D eigenvalue weighted by molar-refractivity contribution is 5.94. The predicted octanol–water partition coefficient (Wildman–Crippen LogP) is -0.523. The maximum absolute atomic E-state index is 12.5. The summed E-state index contributed by atoms with van der Waals surface area (Å²) in [5.74, 6) is 0.442. The van der Waals surface area contributed by atoms with Crippen LogP contribution in [-0.4, -0.2) is 54.2 Å².